The molecule has 0 aliphatic carbocycles. The number of aliphatic carboxylic acids is 1. The number of hydrogen-bond acceptors (Lipinski definition) is 4. The van der Waals surface area contributed by atoms with Crippen molar-refractivity contribution in [3.63, 3.8) is 0 Å². The first-order chi connectivity index (χ1) is 9.66. The van der Waals surface area contributed by atoms with Gasteiger partial charge in [0.1, 0.15) is 5.69 Å². The van der Waals surface area contributed by atoms with Crippen molar-refractivity contribution in [1.29, 1.82) is 0 Å². The predicted molar refractivity (Wildman–Crippen MR) is 74.6 cm³/mol. The molecule has 1 N–H and O–H groups in total. The molecule has 1 atom stereocenters. The number of nitrogens with zero attached hydrogens (tertiary/aromatic N) is 2. The van der Waals surface area contributed by atoms with Crippen LogP contribution in [0, 0.1) is 5.92 Å². The molecule has 0 aromatic carbocycles. The number of Topliss-reactive ketones (excluding diaryl/α,β-unsaturated/α-hetero) is 1. The van der Waals surface area contributed by atoms with E-state index in [1.807, 2.05) is 0 Å². The number of likely N-dealkylation sites (tertiary alicyclic amines) is 1. The number of piperidine rings is 1. The minimum absolute atomic E-state index is 0.133. The molecule has 1 fully saturated rings. The molecule has 1 unspecified atom stereocenters. The van der Waals surface area contributed by atoms with E-state index in [0.717, 1.165) is 25.9 Å². The van der Waals surface area contributed by atoms with Crippen LogP contribution in [0.15, 0.2) is 24.4 Å². The average Bonchev–Trinajstić information content (AvgIpc) is 2.47. The topological polar surface area (TPSA) is 70.5 Å². The Balaban J connectivity index is 2.06. The van der Waals surface area contributed by atoms with Crippen LogP contribution < -0.4 is 0 Å². The normalized spacial score (nSPS) is 17.6. The standard InChI is InChI=1S/C15H20N2O3/c18-14(19)10-12(11-17-8-4-1-5-9-17)15(20)13-6-2-3-7-16-13/h2-3,6-7,12H,1,4-5,8-11H2,(H,18,19). The average molecular weight is 276 g/mol. The van der Waals surface area contributed by atoms with Gasteiger partial charge in [-0.3, -0.25) is 14.6 Å². The Labute approximate surface area is 118 Å². The molecular weight excluding hydrogens is 256 g/mol. The quantitative estimate of drug-likeness (QED) is 0.803. The number of ketones is 1. The first kappa shape index (κ1) is 14.7. The van der Waals surface area contributed by atoms with Crippen molar-refractivity contribution in [2.45, 2.75) is 25.7 Å². The van der Waals surface area contributed by atoms with Crippen LogP contribution in [0.1, 0.15) is 36.2 Å². The van der Waals surface area contributed by atoms with Crippen molar-refractivity contribution in [1.82, 2.24) is 9.88 Å². The minimum atomic E-state index is -0.934. The van der Waals surface area contributed by atoms with E-state index in [4.69, 9.17) is 5.11 Å². The third-order valence-electron chi connectivity index (χ3n) is 3.64. The van der Waals surface area contributed by atoms with Crippen LogP contribution in [0.25, 0.3) is 0 Å². The molecule has 1 aliphatic rings. The summed E-state index contributed by atoms with van der Waals surface area (Å²) < 4.78 is 0. The lowest BCUT2D eigenvalue weighted by atomic mass is 9.95. The molecule has 2 heterocycles. The molecule has 0 radical (unpaired) electrons. The van der Waals surface area contributed by atoms with Gasteiger partial charge in [0, 0.05) is 18.7 Å². The van der Waals surface area contributed by atoms with Gasteiger partial charge in [-0.25, -0.2) is 0 Å². The second-order valence-electron chi connectivity index (χ2n) is 5.24. The first-order valence-corrected chi connectivity index (χ1v) is 7.06. The molecule has 5 nitrogen and oxygen atoms in total. The zero-order valence-electron chi connectivity index (χ0n) is 11.5. The molecule has 1 aromatic heterocycles. The van der Waals surface area contributed by atoms with Gasteiger partial charge in [-0.1, -0.05) is 12.5 Å². The number of rotatable bonds is 6. The van der Waals surface area contributed by atoms with Gasteiger partial charge in [-0.15, -0.1) is 0 Å². The highest BCUT2D eigenvalue weighted by Crippen LogP contribution is 2.16. The summed E-state index contributed by atoms with van der Waals surface area (Å²) in [7, 11) is 0. The minimum Gasteiger partial charge on any atom is -0.481 e. The van der Waals surface area contributed by atoms with Gasteiger partial charge < -0.3 is 10.0 Å². The highest BCUT2D eigenvalue weighted by atomic mass is 16.4. The molecule has 2 rings (SSSR count). The van der Waals surface area contributed by atoms with E-state index in [0.29, 0.717) is 12.2 Å². The van der Waals surface area contributed by atoms with E-state index >= 15 is 0 Å². The summed E-state index contributed by atoms with van der Waals surface area (Å²) in [4.78, 5) is 29.6. The smallest absolute Gasteiger partial charge is 0.304 e. The van der Waals surface area contributed by atoms with Crippen molar-refractivity contribution in [3.05, 3.63) is 30.1 Å². The second-order valence-corrected chi connectivity index (χ2v) is 5.24. The third kappa shape index (κ3) is 4.13. The molecule has 0 saturated carbocycles. The highest BCUT2D eigenvalue weighted by Gasteiger charge is 2.26. The van der Waals surface area contributed by atoms with Gasteiger partial charge in [0.15, 0.2) is 5.78 Å². The number of carbonyl (C=O) groups excluding carboxylic acids is 1. The van der Waals surface area contributed by atoms with Crippen LogP contribution in [-0.2, 0) is 4.79 Å². The Hall–Kier alpha value is -1.75. The molecule has 0 bridgehead atoms. The molecule has 0 amide bonds. The van der Waals surface area contributed by atoms with Gasteiger partial charge in [-0.05, 0) is 38.1 Å². The Bertz CT molecular complexity index is 455. The van der Waals surface area contributed by atoms with Crippen LogP contribution >= 0.6 is 0 Å². The number of pyridine rings is 1. The van der Waals surface area contributed by atoms with Crippen molar-refractivity contribution in [2.24, 2.45) is 5.92 Å². The number of carbonyl (C=O) groups is 2. The fourth-order valence-corrected chi connectivity index (χ4v) is 2.62. The maximum Gasteiger partial charge on any atom is 0.304 e. The Morgan fingerprint density at radius 3 is 2.60 bits per heavy atom. The molecule has 1 aromatic rings. The number of aromatic nitrogens is 1. The Morgan fingerprint density at radius 1 is 1.25 bits per heavy atom. The molecular formula is C15H20N2O3. The van der Waals surface area contributed by atoms with Gasteiger partial charge in [0.25, 0.3) is 0 Å². The summed E-state index contributed by atoms with van der Waals surface area (Å²) in [6.45, 7) is 2.42. The van der Waals surface area contributed by atoms with Gasteiger partial charge in [0.2, 0.25) is 0 Å². The zero-order chi connectivity index (χ0) is 14.4. The largest absolute Gasteiger partial charge is 0.481 e. The van der Waals surface area contributed by atoms with E-state index in [1.165, 1.54) is 6.42 Å². The van der Waals surface area contributed by atoms with E-state index in [1.54, 1.807) is 24.4 Å². The van der Waals surface area contributed by atoms with E-state index in [2.05, 4.69) is 9.88 Å². The Morgan fingerprint density at radius 2 is 2.00 bits per heavy atom. The van der Waals surface area contributed by atoms with Crippen molar-refractivity contribution in [3.8, 4) is 0 Å². The van der Waals surface area contributed by atoms with Crippen LogP contribution in [0.2, 0.25) is 0 Å². The lowest BCUT2D eigenvalue weighted by molar-refractivity contribution is -0.137. The molecule has 20 heavy (non-hydrogen) atoms. The van der Waals surface area contributed by atoms with Gasteiger partial charge >= 0.3 is 5.97 Å². The number of carboxylic acid groups (broad SMARTS) is 1. The lowest BCUT2D eigenvalue weighted by Crippen LogP contribution is -2.37. The summed E-state index contributed by atoms with van der Waals surface area (Å²) >= 11 is 0. The van der Waals surface area contributed by atoms with Crippen molar-refractivity contribution in [2.75, 3.05) is 19.6 Å². The fraction of sp³-hybridized carbons (Fsp3) is 0.533. The third-order valence-corrected chi connectivity index (χ3v) is 3.64. The van der Waals surface area contributed by atoms with E-state index in [9.17, 15) is 9.59 Å². The molecule has 1 saturated heterocycles. The summed E-state index contributed by atoms with van der Waals surface area (Å²) in [6.07, 6.45) is 4.89. The van der Waals surface area contributed by atoms with Gasteiger partial charge in [0.05, 0.1) is 6.42 Å². The molecule has 5 heteroatoms. The number of hydrogen-bond donors (Lipinski definition) is 1. The summed E-state index contributed by atoms with van der Waals surface area (Å²) in [6, 6.07) is 5.14. The Kier molecular flexibility index (Phi) is 5.24. The van der Waals surface area contributed by atoms with Crippen LogP contribution in [0.3, 0.4) is 0 Å². The molecule has 108 valence electrons. The summed E-state index contributed by atoms with van der Waals surface area (Å²) in [5.74, 6) is -1.62. The van der Waals surface area contributed by atoms with Crippen LogP contribution in [-0.4, -0.2) is 46.4 Å². The van der Waals surface area contributed by atoms with Crippen molar-refractivity contribution < 1.29 is 14.7 Å². The predicted octanol–water partition coefficient (Wildman–Crippen LogP) is 1.84. The fourth-order valence-electron chi connectivity index (χ4n) is 2.62. The maximum atomic E-state index is 12.4. The second kappa shape index (κ2) is 7.14. The van der Waals surface area contributed by atoms with E-state index < -0.39 is 11.9 Å². The zero-order valence-corrected chi connectivity index (χ0v) is 11.5. The lowest BCUT2D eigenvalue weighted by Gasteiger charge is -2.29. The SMILES string of the molecule is O=C(O)CC(CN1CCCCC1)C(=O)c1ccccn1. The molecule has 1 aliphatic heterocycles. The van der Waals surface area contributed by atoms with E-state index in [-0.39, 0.29) is 12.2 Å². The van der Waals surface area contributed by atoms with Gasteiger partial charge in [-0.2, -0.15) is 0 Å². The van der Waals surface area contributed by atoms with Crippen LogP contribution in [0.5, 0.6) is 0 Å². The summed E-state index contributed by atoms with van der Waals surface area (Å²) in [5.41, 5.74) is 0.357. The monoisotopic (exact) mass is 276 g/mol. The van der Waals surface area contributed by atoms with Crippen molar-refractivity contribution >= 4 is 11.8 Å². The summed E-state index contributed by atoms with van der Waals surface area (Å²) in [5, 5.41) is 9.02. The van der Waals surface area contributed by atoms with Crippen LogP contribution in [0.4, 0.5) is 0 Å². The first-order valence-electron chi connectivity index (χ1n) is 7.06. The highest BCUT2D eigenvalue weighted by molar-refractivity contribution is 5.97. The maximum absolute atomic E-state index is 12.4. The molecule has 0 spiro atoms. The number of carboxylic acids is 1.